The molecule has 0 amide bonds. The first-order valence-corrected chi connectivity index (χ1v) is 10.8. The van der Waals surface area contributed by atoms with Gasteiger partial charge in [0.05, 0.1) is 11.7 Å². The summed E-state index contributed by atoms with van der Waals surface area (Å²) in [5, 5.41) is 12.1. The number of hydrogen-bond donors (Lipinski definition) is 2. The van der Waals surface area contributed by atoms with E-state index in [9.17, 15) is 0 Å². The zero-order valence-electron chi connectivity index (χ0n) is 17.9. The molecule has 1 fully saturated rings. The van der Waals surface area contributed by atoms with Gasteiger partial charge in [-0.3, -0.25) is 5.10 Å². The lowest BCUT2D eigenvalue weighted by atomic mass is 9.84. The van der Waals surface area contributed by atoms with E-state index in [0.29, 0.717) is 5.92 Å². The Morgan fingerprint density at radius 1 is 1.21 bits per heavy atom. The minimum absolute atomic E-state index is 0.588. The molecule has 0 saturated carbocycles. The largest absolute Gasteiger partial charge is 0.371 e. The quantitative estimate of drug-likeness (QED) is 0.641. The number of rotatable bonds is 7. The van der Waals surface area contributed by atoms with Crippen molar-refractivity contribution < 1.29 is 0 Å². The highest BCUT2D eigenvalue weighted by molar-refractivity contribution is 5.83. The molecule has 2 aromatic carbocycles. The Hall–Kier alpha value is -2.37. The van der Waals surface area contributed by atoms with E-state index in [-0.39, 0.29) is 0 Å². The monoisotopic (exact) mass is 391 g/mol. The standard InChI is InChI=1S/C24H33N5/c1-18-5-4-6-21(15-18)29-12-9-19(10-13-29)24-20(17-28(3)14-11-25-2)7-8-23-22(24)16-26-27-23/h4-8,15-16,19,25H,9-14,17H2,1-3H3,(H,26,27). The van der Waals surface area contributed by atoms with Gasteiger partial charge in [0.15, 0.2) is 0 Å². The van der Waals surface area contributed by atoms with E-state index < -0.39 is 0 Å². The number of nitrogens with one attached hydrogen (secondary N) is 2. The number of H-pyrrole nitrogens is 1. The van der Waals surface area contributed by atoms with Crippen molar-refractivity contribution in [1.29, 1.82) is 0 Å². The SMILES string of the molecule is CNCCN(C)Cc1ccc2[nH]ncc2c1C1CCN(c2cccc(C)c2)CC1. The molecular formula is C24H33N5. The van der Waals surface area contributed by atoms with Gasteiger partial charge in [-0.2, -0.15) is 5.10 Å². The number of likely N-dealkylation sites (N-methyl/N-ethyl adjacent to an activating group) is 2. The lowest BCUT2D eigenvalue weighted by Gasteiger charge is -2.35. The minimum atomic E-state index is 0.588. The van der Waals surface area contributed by atoms with Crippen LogP contribution in [0.15, 0.2) is 42.6 Å². The molecule has 0 atom stereocenters. The summed E-state index contributed by atoms with van der Waals surface area (Å²) in [7, 11) is 4.22. The number of aromatic nitrogens is 2. The minimum Gasteiger partial charge on any atom is -0.371 e. The molecule has 1 aliphatic heterocycles. The Bertz CT molecular complexity index is 939. The summed E-state index contributed by atoms with van der Waals surface area (Å²) in [5.74, 6) is 0.588. The van der Waals surface area contributed by atoms with Crippen LogP contribution in [-0.2, 0) is 6.54 Å². The molecule has 0 aliphatic carbocycles. The van der Waals surface area contributed by atoms with Gasteiger partial charge in [-0.05, 0) is 74.7 Å². The van der Waals surface area contributed by atoms with Gasteiger partial charge in [-0.15, -0.1) is 0 Å². The molecule has 1 saturated heterocycles. The first kappa shape index (κ1) is 19.9. The molecule has 0 bridgehead atoms. The molecule has 4 rings (SSSR count). The zero-order valence-corrected chi connectivity index (χ0v) is 17.9. The van der Waals surface area contributed by atoms with Crippen molar-refractivity contribution in [2.24, 2.45) is 0 Å². The van der Waals surface area contributed by atoms with Crippen LogP contribution in [0.3, 0.4) is 0 Å². The number of aromatic amines is 1. The van der Waals surface area contributed by atoms with E-state index >= 15 is 0 Å². The summed E-state index contributed by atoms with van der Waals surface area (Å²) in [6, 6.07) is 13.4. The van der Waals surface area contributed by atoms with Gasteiger partial charge in [-0.25, -0.2) is 0 Å². The predicted octanol–water partition coefficient (Wildman–Crippen LogP) is 3.91. The molecule has 0 unspecified atom stereocenters. The Labute approximate surface area is 174 Å². The van der Waals surface area contributed by atoms with Gasteiger partial charge >= 0.3 is 0 Å². The van der Waals surface area contributed by atoms with Crippen LogP contribution in [-0.4, -0.2) is 55.4 Å². The van der Waals surface area contributed by atoms with Crippen molar-refractivity contribution in [2.75, 3.05) is 45.2 Å². The summed E-state index contributed by atoms with van der Waals surface area (Å²) in [6.07, 6.45) is 4.39. The molecule has 29 heavy (non-hydrogen) atoms. The fourth-order valence-corrected chi connectivity index (χ4v) is 4.63. The molecule has 2 heterocycles. The second kappa shape index (κ2) is 8.97. The maximum Gasteiger partial charge on any atom is 0.0653 e. The number of anilines is 1. The van der Waals surface area contributed by atoms with Gasteiger partial charge < -0.3 is 15.1 Å². The predicted molar refractivity (Wildman–Crippen MR) is 122 cm³/mol. The van der Waals surface area contributed by atoms with E-state index in [0.717, 1.165) is 38.2 Å². The van der Waals surface area contributed by atoms with Crippen LogP contribution in [0, 0.1) is 6.92 Å². The number of benzene rings is 2. The summed E-state index contributed by atoms with van der Waals surface area (Å²) in [4.78, 5) is 4.95. The summed E-state index contributed by atoms with van der Waals surface area (Å²) in [6.45, 7) is 7.43. The topological polar surface area (TPSA) is 47.2 Å². The van der Waals surface area contributed by atoms with E-state index in [1.54, 1.807) is 0 Å². The van der Waals surface area contributed by atoms with Gasteiger partial charge in [-0.1, -0.05) is 18.2 Å². The lowest BCUT2D eigenvalue weighted by molar-refractivity contribution is 0.326. The smallest absolute Gasteiger partial charge is 0.0653 e. The average Bonchev–Trinajstić information content (AvgIpc) is 3.21. The Morgan fingerprint density at radius 2 is 2.03 bits per heavy atom. The summed E-state index contributed by atoms with van der Waals surface area (Å²) < 4.78 is 0. The molecule has 1 aliphatic rings. The third-order valence-corrected chi connectivity index (χ3v) is 6.21. The summed E-state index contributed by atoms with van der Waals surface area (Å²) >= 11 is 0. The number of aryl methyl sites for hydroxylation is 1. The van der Waals surface area contributed by atoms with Crippen LogP contribution in [0.5, 0.6) is 0 Å². The Balaban J connectivity index is 1.55. The fourth-order valence-electron chi connectivity index (χ4n) is 4.63. The maximum absolute atomic E-state index is 4.34. The number of hydrogen-bond acceptors (Lipinski definition) is 4. The molecular weight excluding hydrogens is 358 g/mol. The van der Waals surface area contributed by atoms with Crippen molar-refractivity contribution in [3.05, 3.63) is 59.3 Å². The fraction of sp³-hybridized carbons (Fsp3) is 0.458. The van der Waals surface area contributed by atoms with Crippen molar-refractivity contribution in [2.45, 2.75) is 32.2 Å². The molecule has 3 aromatic rings. The molecule has 5 nitrogen and oxygen atoms in total. The van der Waals surface area contributed by atoms with Crippen molar-refractivity contribution in [1.82, 2.24) is 20.4 Å². The molecule has 0 radical (unpaired) electrons. The van der Waals surface area contributed by atoms with Crippen LogP contribution in [0.2, 0.25) is 0 Å². The highest BCUT2D eigenvalue weighted by Gasteiger charge is 2.25. The number of piperidine rings is 1. The van der Waals surface area contributed by atoms with Crippen molar-refractivity contribution in [3.8, 4) is 0 Å². The first-order valence-electron chi connectivity index (χ1n) is 10.8. The first-order chi connectivity index (χ1) is 14.2. The van der Waals surface area contributed by atoms with Gasteiger partial charge in [0.1, 0.15) is 0 Å². The van der Waals surface area contributed by atoms with Gasteiger partial charge in [0, 0.05) is 43.8 Å². The third kappa shape index (κ3) is 4.46. The molecule has 154 valence electrons. The second-order valence-electron chi connectivity index (χ2n) is 8.41. The second-order valence-corrected chi connectivity index (χ2v) is 8.41. The molecule has 1 aromatic heterocycles. The highest BCUT2D eigenvalue weighted by atomic mass is 15.1. The zero-order chi connectivity index (χ0) is 20.2. The Kier molecular flexibility index (Phi) is 6.16. The van der Waals surface area contributed by atoms with Crippen molar-refractivity contribution >= 4 is 16.6 Å². The molecule has 5 heteroatoms. The van der Waals surface area contributed by atoms with Crippen LogP contribution >= 0.6 is 0 Å². The van der Waals surface area contributed by atoms with Gasteiger partial charge in [0.25, 0.3) is 0 Å². The normalized spacial score (nSPS) is 15.5. The third-order valence-electron chi connectivity index (χ3n) is 6.21. The Morgan fingerprint density at radius 3 is 2.79 bits per heavy atom. The van der Waals surface area contributed by atoms with Crippen LogP contribution in [0.25, 0.3) is 10.9 Å². The maximum atomic E-state index is 4.34. The molecule has 2 N–H and O–H groups in total. The van der Waals surface area contributed by atoms with E-state index in [1.165, 1.54) is 40.6 Å². The van der Waals surface area contributed by atoms with Crippen LogP contribution in [0.1, 0.15) is 35.4 Å². The van der Waals surface area contributed by atoms with E-state index in [2.05, 4.69) is 75.7 Å². The number of nitrogens with zero attached hydrogens (tertiary/aromatic N) is 3. The van der Waals surface area contributed by atoms with E-state index in [4.69, 9.17) is 0 Å². The van der Waals surface area contributed by atoms with Crippen LogP contribution in [0.4, 0.5) is 5.69 Å². The highest BCUT2D eigenvalue weighted by Crippen LogP contribution is 2.36. The van der Waals surface area contributed by atoms with Crippen molar-refractivity contribution in [3.63, 3.8) is 0 Å². The number of fused-ring (bicyclic) bond motifs is 1. The van der Waals surface area contributed by atoms with E-state index in [1.807, 2.05) is 13.2 Å². The molecule has 0 spiro atoms. The average molecular weight is 392 g/mol. The van der Waals surface area contributed by atoms with Crippen LogP contribution < -0.4 is 10.2 Å². The lowest BCUT2D eigenvalue weighted by Crippen LogP contribution is -2.33. The summed E-state index contributed by atoms with van der Waals surface area (Å²) in [5.41, 5.74) is 6.81. The van der Waals surface area contributed by atoms with Gasteiger partial charge in [0.2, 0.25) is 0 Å².